The summed E-state index contributed by atoms with van der Waals surface area (Å²) in [6, 6.07) is 8.63. The van der Waals surface area contributed by atoms with Crippen LogP contribution >= 0.6 is 0 Å². The van der Waals surface area contributed by atoms with Crippen LogP contribution in [0.3, 0.4) is 0 Å². The summed E-state index contributed by atoms with van der Waals surface area (Å²) in [4.78, 5) is 2.25. The fourth-order valence-corrected chi connectivity index (χ4v) is 2.64. The number of fused-ring (bicyclic) bond motifs is 1. The first-order valence-corrected chi connectivity index (χ1v) is 6.57. The maximum atomic E-state index is 9.10. The second-order valence-electron chi connectivity index (χ2n) is 4.80. The van der Waals surface area contributed by atoms with E-state index in [1.165, 1.54) is 11.1 Å². The van der Waals surface area contributed by atoms with Gasteiger partial charge in [0.05, 0.1) is 6.61 Å². The molecule has 0 fully saturated rings. The van der Waals surface area contributed by atoms with E-state index in [1.807, 2.05) is 6.08 Å². The van der Waals surface area contributed by atoms with Crippen LogP contribution in [0.15, 0.2) is 36.9 Å². The molecule has 3 nitrogen and oxygen atoms in total. The van der Waals surface area contributed by atoms with E-state index in [-0.39, 0.29) is 6.61 Å². The number of nitrogens with zero attached hydrogens (tertiary/aromatic N) is 1. The van der Waals surface area contributed by atoms with Gasteiger partial charge < -0.3 is 10.4 Å². The Morgan fingerprint density at radius 1 is 1.44 bits per heavy atom. The first-order chi connectivity index (χ1) is 8.85. The van der Waals surface area contributed by atoms with Gasteiger partial charge in [-0.3, -0.25) is 4.90 Å². The SMILES string of the molecule is C=CCN(CCO)CC1CNCc2ccccc21. The number of aliphatic hydroxyl groups excluding tert-OH is 1. The highest BCUT2D eigenvalue weighted by Gasteiger charge is 2.21. The number of benzene rings is 1. The number of hydrogen-bond donors (Lipinski definition) is 2. The Morgan fingerprint density at radius 3 is 3.06 bits per heavy atom. The summed E-state index contributed by atoms with van der Waals surface area (Å²) < 4.78 is 0. The fourth-order valence-electron chi connectivity index (χ4n) is 2.64. The maximum absolute atomic E-state index is 9.10. The standard InChI is InChI=1S/C15H22N2O/c1-2-7-17(8-9-18)12-14-11-16-10-13-5-3-4-6-15(13)14/h2-6,14,16,18H,1,7-12H2. The largest absolute Gasteiger partial charge is 0.395 e. The molecule has 98 valence electrons. The molecule has 0 bridgehead atoms. The van der Waals surface area contributed by atoms with Crippen LogP contribution in [0.4, 0.5) is 0 Å². The summed E-state index contributed by atoms with van der Waals surface area (Å²) in [5.74, 6) is 0.501. The quantitative estimate of drug-likeness (QED) is 0.744. The van der Waals surface area contributed by atoms with Crippen molar-refractivity contribution in [1.82, 2.24) is 10.2 Å². The molecule has 2 rings (SSSR count). The van der Waals surface area contributed by atoms with Crippen LogP contribution in [0.1, 0.15) is 17.0 Å². The molecule has 1 aromatic carbocycles. The van der Waals surface area contributed by atoms with E-state index < -0.39 is 0 Å². The number of aliphatic hydroxyl groups is 1. The van der Waals surface area contributed by atoms with Gasteiger partial charge in [0.25, 0.3) is 0 Å². The molecule has 1 aliphatic rings. The lowest BCUT2D eigenvalue weighted by Gasteiger charge is -2.31. The lowest BCUT2D eigenvalue weighted by Crippen LogP contribution is -2.38. The van der Waals surface area contributed by atoms with Crippen LogP contribution in [0, 0.1) is 0 Å². The summed E-state index contributed by atoms with van der Waals surface area (Å²) in [5, 5.41) is 12.6. The van der Waals surface area contributed by atoms with Gasteiger partial charge in [-0.15, -0.1) is 6.58 Å². The lowest BCUT2D eigenvalue weighted by atomic mass is 9.90. The molecule has 18 heavy (non-hydrogen) atoms. The Bertz CT molecular complexity index is 392. The molecule has 0 aliphatic carbocycles. The molecule has 0 amide bonds. The summed E-state index contributed by atoms with van der Waals surface area (Å²) in [5.41, 5.74) is 2.85. The highest BCUT2D eigenvalue weighted by atomic mass is 16.3. The van der Waals surface area contributed by atoms with Gasteiger partial charge in [0.1, 0.15) is 0 Å². The van der Waals surface area contributed by atoms with Gasteiger partial charge in [0.15, 0.2) is 0 Å². The topological polar surface area (TPSA) is 35.5 Å². The molecule has 0 saturated carbocycles. The third-order valence-corrected chi connectivity index (χ3v) is 3.48. The van der Waals surface area contributed by atoms with E-state index in [0.717, 1.165) is 26.2 Å². The number of hydrogen-bond acceptors (Lipinski definition) is 3. The minimum Gasteiger partial charge on any atom is -0.395 e. The minimum absolute atomic E-state index is 0.204. The van der Waals surface area contributed by atoms with Crippen molar-refractivity contribution in [3.05, 3.63) is 48.0 Å². The Kier molecular flexibility index (Phi) is 4.93. The van der Waals surface area contributed by atoms with Crippen LogP contribution in [0.25, 0.3) is 0 Å². The van der Waals surface area contributed by atoms with Crippen LogP contribution in [-0.2, 0) is 6.54 Å². The molecule has 1 unspecified atom stereocenters. The van der Waals surface area contributed by atoms with E-state index in [0.29, 0.717) is 12.5 Å². The normalized spacial score (nSPS) is 18.7. The molecular formula is C15H22N2O. The van der Waals surface area contributed by atoms with E-state index in [1.54, 1.807) is 0 Å². The van der Waals surface area contributed by atoms with Gasteiger partial charge >= 0.3 is 0 Å². The minimum atomic E-state index is 0.204. The molecule has 0 radical (unpaired) electrons. The Morgan fingerprint density at radius 2 is 2.28 bits per heavy atom. The molecule has 0 aromatic heterocycles. The van der Waals surface area contributed by atoms with E-state index >= 15 is 0 Å². The van der Waals surface area contributed by atoms with E-state index in [2.05, 4.69) is 41.1 Å². The summed E-state index contributed by atoms with van der Waals surface area (Å²) >= 11 is 0. The molecule has 0 spiro atoms. The number of rotatable bonds is 6. The smallest absolute Gasteiger partial charge is 0.0558 e. The summed E-state index contributed by atoms with van der Waals surface area (Å²) in [6.45, 7) is 8.48. The third-order valence-electron chi connectivity index (χ3n) is 3.48. The average Bonchev–Trinajstić information content (AvgIpc) is 2.40. The second-order valence-corrected chi connectivity index (χ2v) is 4.80. The highest BCUT2D eigenvalue weighted by Crippen LogP contribution is 2.24. The predicted octanol–water partition coefficient (Wildman–Crippen LogP) is 1.35. The van der Waals surface area contributed by atoms with Crippen LogP contribution in [0.5, 0.6) is 0 Å². The zero-order chi connectivity index (χ0) is 12.8. The first-order valence-electron chi connectivity index (χ1n) is 6.57. The van der Waals surface area contributed by atoms with Gasteiger partial charge in [-0.2, -0.15) is 0 Å². The molecule has 0 saturated heterocycles. The Labute approximate surface area is 109 Å². The van der Waals surface area contributed by atoms with Gasteiger partial charge in [-0.05, 0) is 11.1 Å². The van der Waals surface area contributed by atoms with Crippen molar-refractivity contribution in [3.8, 4) is 0 Å². The fraction of sp³-hybridized carbons (Fsp3) is 0.467. The Balaban J connectivity index is 2.07. The zero-order valence-electron chi connectivity index (χ0n) is 10.8. The van der Waals surface area contributed by atoms with Gasteiger partial charge in [-0.25, -0.2) is 0 Å². The zero-order valence-corrected chi connectivity index (χ0v) is 10.8. The van der Waals surface area contributed by atoms with Crippen molar-refractivity contribution in [2.24, 2.45) is 0 Å². The molecule has 3 heteroatoms. The summed E-state index contributed by atoms with van der Waals surface area (Å²) in [7, 11) is 0. The first kappa shape index (κ1) is 13.3. The van der Waals surface area contributed by atoms with Crippen molar-refractivity contribution < 1.29 is 5.11 Å². The molecule has 1 aromatic rings. The molecule has 1 atom stereocenters. The van der Waals surface area contributed by atoms with Crippen molar-refractivity contribution >= 4 is 0 Å². The van der Waals surface area contributed by atoms with Crippen molar-refractivity contribution in [2.45, 2.75) is 12.5 Å². The molecular weight excluding hydrogens is 224 g/mol. The molecule has 1 heterocycles. The van der Waals surface area contributed by atoms with Gasteiger partial charge in [-0.1, -0.05) is 30.3 Å². The Hall–Kier alpha value is -1.16. The molecule has 2 N–H and O–H groups in total. The third kappa shape index (κ3) is 3.19. The molecule has 1 aliphatic heterocycles. The predicted molar refractivity (Wildman–Crippen MR) is 74.6 cm³/mol. The second kappa shape index (κ2) is 6.69. The average molecular weight is 246 g/mol. The van der Waals surface area contributed by atoms with Crippen LogP contribution < -0.4 is 5.32 Å². The van der Waals surface area contributed by atoms with Crippen LogP contribution in [0.2, 0.25) is 0 Å². The monoisotopic (exact) mass is 246 g/mol. The van der Waals surface area contributed by atoms with Crippen molar-refractivity contribution in [2.75, 3.05) is 32.8 Å². The van der Waals surface area contributed by atoms with Crippen molar-refractivity contribution in [3.63, 3.8) is 0 Å². The maximum Gasteiger partial charge on any atom is 0.0558 e. The lowest BCUT2D eigenvalue weighted by molar-refractivity contribution is 0.198. The van der Waals surface area contributed by atoms with Gasteiger partial charge in [0, 0.05) is 38.6 Å². The van der Waals surface area contributed by atoms with Crippen molar-refractivity contribution in [1.29, 1.82) is 0 Å². The van der Waals surface area contributed by atoms with E-state index in [4.69, 9.17) is 5.11 Å². The van der Waals surface area contributed by atoms with Crippen LogP contribution in [-0.4, -0.2) is 42.8 Å². The highest BCUT2D eigenvalue weighted by molar-refractivity contribution is 5.32. The summed E-state index contributed by atoms with van der Waals surface area (Å²) in [6.07, 6.45) is 1.90. The van der Waals surface area contributed by atoms with E-state index in [9.17, 15) is 0 Å². The number of nitrogens with one attached hydrogen (secondary N) is 1. The van der Waals surface area contributed by atoms with Gasteiger partial charge in [0.2, 0.25) is 0 Å².